The summed E-state index contributed by atoms with van der Waals surface area (Å²) in [5.74, 6) is -0.174. The van der Waals surface area contributed by atoms with E-state index in [1.807, 2.05) is 0 Å². The minimum absolute atomic E-state index is 0.0305. The Morgan fingerprint density at radius 3 is 2.58 bits per heavy atom. The summed E-state index contributed by atoms with van der Waals surface area (Å²) in [5, 5.41) is 13.2. The van der Waals surface area contributed by atoms with Gasteiger partial charge in [-0.25, -0.2) is 0 Å². The van der Waals surface area contributed by atoms with Crippen LogP contribution in [0.15, 0.2) is 12.1 Å². The summed E-state index contributed by atoms with van der Waals surface area (Å²) in [6, 6.07) is 3.46. The van der Waals surface area contributed by atoms with E-state index in [9.17, 15) is 14.7 Å². The molecule has 0 atom stereocenters. The molecular weight excluding hydrogens is 264 g/mol. The first kappa shape index (κ1) is 14.0. The SMILES string of the molecule is CC(=O)Nc1ccc(C(=O)N2CCC(C)(O)CC2)s1. The standard InChI is InChI=1S/C13H18N2O3S/c1-9(16)14-11-4-3-10(19-11)12(17)15-7-5-13(2,18)6-8-15/h3-4,18H,5-8H2,1-2H3,(H,14,16). The van der Waals surface area contributed by atoms with Crippen LogP contribution in [0.3, 0.4) is 0 Å². The Hall–Kier alpha value is -1.40. The van der Waals surface area contributed by atoms with E-state index in [1.54, 1.807) is 24.0 Å². The molecule has 2 heterocycles. The number of carbonyl (C=O) groups excluding carboxylic acids is 2. The molecule has 6 heteroatoms. The summed E-state index contributed by atoms with van der Waals surface area (Å²) < 4.78 is 0. The van der Waals surface area contributed by atoms with Crippen LogP contribution in [0.1, 0.15) is 36.4 Å². The third-order valence-electron chi connectivity index (χ3n) is 3.24. The van der Waals surface area contributed by atoms with Crippen molar-refractivity contribution in [1.29, 1.82) is 0 Å². The zero-order chi connectivity index (χ0) is 14.0. The Labute approximate surface area is 116 Å². The van der Waals surface area contributed by atoms with Gasteiger partial charge in [0.05, 0.1) is 15.5 Å². The Kier molecular flexibility index (Phi) is 3.91. The number of amides is 2. The number of hydrogen-bond acceptors (Lipinski definition) is 4. The number of anilines is 1. The van der Waals surface area contributed by atoms with Crippen LogP contribution in [0.5, 0.6) is 0 Å². The first-order valence-electron chi connectivity index (χ1n) is 6.26. The summed E-state index contributed by atoms with van der Waals surface area (Å²) >= 11 is 1.28. The van der Waals surface area contributed by atoms with Crippen molar-refractivity contribution < 1.29 is 14.7 Å². The largest absolute Gasteiger partial charge is 0.390 e. The predicted octanol–water partition coefficient (Wildman–Crippen LogP) is 1.69. The van der Waals surface area contributed by atoms with E-state index in [-0.39, 0.29) is 11.8 Å². The lowest BCUT2D eigenvalue weighted by atomic mass is 9.94. The highest BCUT2D eigenvalue weighted by atomic mass is 32.1. The third kappa shape index (κ3) is 3.54. The number of aliphatic hydroxyl groups is 1. The van der Waals surface area contributed by atoms with Crippen LogP contribution in [0.4, 0.5) is 5.00 Å². The van der Waals surface area contributed by atoms with Crippen LogP contribution in [0, 0.1) is 0 Å². The van der Waals surface area contributed by atoms with E-state index in [0.29, 0.717) is 35.8 Å². The molecule has 1 aliphatic rings. The molecule has 2 rings (SSSR count). The number of nitrogens with one attached hydrogen (secondary N) is 1. The average molecular weight is 282 g/mol. The molecule has 19 heavy (non-hydrogen) atoms. The highest BCUT2D eigenvalue weighted by Crippen LogP contribution is 2.26. The molecule has 0 aliphatic carbocycles. The molecule has 1 aromatic heterocycles. The topological polar surface area (TPSA) is 69.6 Å². The number of nitrogens with zero attached hydrogens (tertiary/aromatic N) is 1. The maximum absolute atomic E-state index is 12.3. The van der Waals surface area contributed by atoms with Gasteiger partial charge in [0.15, 0.2) is 0 Å². The first-order chi connectivity index (χ1) is 8.87. The zero-order valence-electron chi connectivity index (χ0n) is 11.1. The lowest BCUT2D eigenvalue weighted by molar-refractivity contribution is -0.114. The molecule has 1 fully saturated rings. The van der Waals surface area contributed by atoms with E-state index in [2.05, 4.69) is 5.32 Å². The number of hydrogen-bond donors (Lipinski definition) is 2. The molecule has 2 amide bonds. The van der Waals surface area contributed by atoms with Gasteiger partial charge in [-0.15, -0.1) is 11.3 Å². The van der Waals surface area contributed by atoms with Crippen LogP contribution in [0.2, 0.25) is 0 Å². The number of thiophene rings is 1. The van der Waals surface area contributed by atoms with Gasteiger partial charge < -0.3 is 15.3 Å². The second kappa shape index (κ2) is 5.30. The van der Waals surface area contributed by atoms with Gasteiger partial charge in [-0.3, -0.25) is 9.59 Å². The van der Waals surface area contributed by atoms with Gasteiger partial charge in [-0.2, -0.15) is 0 Å². The van der Waals surface area contributed by atoms with Crippen molar-refractivity contribution in [2.45, 2.75) is 32.3 Å². The summed E-state index contributed by atoms with van der Waals surface area (Å²) in [5.41, 5.74) is -0.659. The molecule has 1 aromatic rings. The number of piperidine rings is 1. The number of likely N-dealkylation sites (tertiary alicyclic amines) is 1. The zero-order valence-corrected chi connectivity index (χ0v) is 11.9. The quantitative estimate of drug-likeness (QED) is 0.867. The van der Waals surface area contributed by atoms with Crippen LogP contribution < -0.4 is 5.32 Å². The molecule has 0 bridgehead atoms. The summed E-state index contributed by atoms with van der Waals surface area (Å²) in [4.78, 5) is 25.6. The molecule has 0 aromatic carbocycles. The highest BCUT2D eigenvalue weighted by molar-refractivity contribution is 7.18. The lowest BCUT2D eigenvalue weighted by Gasteiger charge is -2.35. The Morgan fingerprint density at radius 2 is 2.00 bits per heavy atom. The van der Waals surface area contributed by atoms with Crippen molar-refractivity contribution >= 4 is 28.2 Å². The first-order valence-corrected chi connectivity index (χ1v) is 7.08. The summed E-state index contributed by atoms with van der Waals surface area (Å²) in [6.45, 7) is 4.38. The second-order valence-corrected chi connectivity index (χ2v) is 6.22. The van der Waals surface area contributed by atoms with Crippen LogP contribution >= 0.6 is 11.3 Å². The molecule has 104 valence electrons. The maximum atomic E-state index is 12.3. The molecule has 0 unspecified atom stereocenters. The number of rotatable bonds is 2. The van der Waals surface area contributed by atoms with E-state index >= 15 is 0 Å². The monoisotopic (exact) mass is 282 g/mol. The molecule has 1 saturated heterocycles. The van der Waals surface area contributed by atoms with Crippen LogP contribution in [-0.2, 0) is 4.79 Å². The lowest BCUT2D eigenvalue weighted by Crippen LogP contribution is -2.44. The fourth-order valence-electron chi connectivity index (χ4n) is 2.04. The fraction of sp³-hybridized carbons (Fsp3) is 0.538. The van der Waals surface area contributed by atoms with Gasteiger partial charge in [0, 0.05) is 20.0 Å². The van der Waals surface area contributed by atoms with Crippen molar-refractivity contribution in [2.24, 2.45) is 0 Å². The van der Waals surface area contributed by atoms with Gasteiger partial charge in [0.25, 0.3) is 5.91 Å². The Balaban J connectivity index is 2.00. The van der Waals surface area contributed by atoms with Gasteiger partial charge in [-0.1, -0.05) is 0 Å². The molecule has 0 saturated carbocycles. The van der Waals surface area contributed by atoms with E-state index in [1.165, 1.54) is 18.3 Å². The van der Waals surface area contributed by atoms with Gasteiger partial charge in [0.1, 0.15) is 0 Å². The minimum atomic E-state index is -0.659. The van der Waals surface area contributed by atoms with Crippen LogP contribution in [-0.4, -0.2) is 40.5 Å². The van der Waals surface area contributed by atoms with E-state index in [4.69, 9.17) is 0 Å². The van der Waals surface area contributed by atoms with Crippen molar-refractivity contribution in [2.75, 3.05) is 18.4 Å². The average Bonchev–Trinajstić information content (AvgIpc) is 2.75. The molecule has 0 spiro atoms. The Morgan fingerprint density at radius 1 is 1.37 bits per heavy atom. The maximum Gasteiger partial charge on any atom is 0.263 e. The van der Waals surface area contributed by atoms with E-state index < -0.39 is 5.60 Å². The highest BCUT2D eigenvalue weighted by Gasteiger charge is 2.30. The van der Waals surface area contributed by atoms with Gasteiger partial charge in [0.2, 0.25) is 5.91 Å². The summed E-state index contributed by atoms with van der Waals surface area (Å²) in [7, 11) is 0. The molecule has 2 N–H and O–H groups in total. The van der Waals surface area contributed by atoms with Crippen molar-refractivity contribution in [3.8, 4) is 0 Å². The van der Waals surface area contributed by atoms with Crippen molar-refractivity contribution in [1.82, 2.24) is 4.90 Å². The molecule has 0 radical (unpaired) electrons. The Bertz CT molecular complexity index is 486. The minimum Gasteiger partial charge on any atom is -0.390 e. The number of carbonyl (C=O) groups is 2. The van der Waals surface area contributed by atoms with Gasteiger partial charge in [-0.05, 0) is 31.9 Å². The molecule has 1 aliphatic heterocycles. The predicted molar refractivity (Wildman–Crippen MR) is 74.4 cm³/mol. The van der Waals surface area contributed by atoms with Gasteiger partial charge >= 0.3 is 0 Å². The van der Waals surface area contributed by atoms with Crippen LogP contribution in [0.25, 0.3) is 0 Å². The fourth-order valence-corrected chi connectivity index (χ4v) is 2.96. The second-order valence-electron chi connectivity index (χ2n) is 5.13. The molecule has 5 nitrogen and oxygen atoms in total. The normalized spacial score (nSPS) is 18.2. The van der Waals surface area contributed by atoms with Crippen molar-refractivity contribution in [3.05, 3.63) is 17.0 Å². The third-order valence-corrected chi connectivity index (χ3v) is 4.23. The molecular formula is C13H18N2O3S. The smallest absolute Gasteiger partial charge is 0.263 e. The summed E-state index contributed by atoms with van der Waals surface area (Å²) in [6.07, 6.45) is 1.20. The van der Waals surface area contributed by atoms with E-state index in [0.717, 1.165) is 0 Å². The van der Waals surface area contributed by atoms with Crippen molar-refractivity contribution in [3.63, 3.8) is 0 Å².